The van der Waals surface area contributed by atoms with Gasteiger partial charge in [0.1, 0.15) is 11.7 Å². The number of ketones is 1. The molecule has 0 saturated heterocycles. The number of fused-ring (bicyclic) bond motifs is 2. The number of carbonyl (C=O) groups is 3. The minimum absolute atomic E-state index is 0.136. The lowest BCUT2D eigenvalue weighted by molar-refractivity contribution is -0.160. The molecule has 3 aliphatic rings. The first kappa shape index (κ1) is 14.9. The fourth-order valence-corrected chi connectivity index (χ4v) is 3.87. The molecule has 124 valence electrons. The summed E-state index contributed by atoms with van der Waals surface area (Å²) in [5, 5.41) is 2.77. The Hall–Kier alpha value is -2.63. The maximum Gasteiger partial charge on any atom is 0.318 e. The van der Waals surface area contributed by atoms with E-state index in [1.807, 2.05) is 0 Å². The maximum atomic E-state index is 12.8. The van der Waals surface area contributed by atoms with E-state index in [2.05, 4.69) is 5.32 Å². The first-order valence-electron chi connectivity index (χ1n) is 8.12. The fourth-order valence-electron chi connectivity index (χ4n) is 3.87. The molecule has 1 amide bonds. The molecule has 4 rings (SSSR count). The molecule has 0 radical (unpaired) electrons. The van der Waals surface area contributed by atoms with Gasteiger partial charge in [0.15, 0.2) is 5.78 Å². The number of ether oxygens (including phenoxy) is 2. The normalized spacial score (nSPS) is 27.6. The SMILES string of the molecule is CCOC(=O)C1C2=C(CCCC2=O)OC12C(=O)Nc1ccccc12. The van der Waals surface area contributed by atoms with Crippen LogP contribution in [0.25, 0.3) is 0 Å². The van der Waals surface area contributed by atoms with Gasteiger partial charge < -0.3 is 14.8 Å². The van der Waals surface area contributed by atoms with Crippen LogP contribution in [0, 0.1) is 5.92 Å². The van der Waals surface area contributed by atoms with Crippen LogP contribution in [0.3, 0.4) is 0 Å². The lowest BCUT2D eigenvalue weighted by atomic mass is 9.76. The maximum absolute atomic E-state index is 12.8. The van der Waals surface area contributed by atoms with Crippen molar-refractivity contribution >= 4 is 23.3 Å². The van der Waals surface area contributed by atoms with Crippen LogP contribution in [0.2, 0.25) is 0 Å². The van der Waals surface area contributed by atoms with Gasteiger partial charge in [0.25, 0.3) is 5.91 Å². The third-order valence-electron chi connectivity index (χ3n) is 4.82. The number of carbonyl (C=O) groups excluding carboxylic acids is 3. The van der Waals surface area contributed by atoms with Crippen molar-refractivity contribution in [3.8, 4) is 0 Å². The van der Waals surface area contributed by atoms with Crippen molar-refractivity contribution in [2.75, 3.05) is 11.9 Å². The number of anilines is 1. The number of amides is 1. The van der Waals surface area contributed by atoms with Crippen LogP contribution in [0.15, 0.2) is 35.6 Å². The molecule has 1 aliphatic carbocycles. The van der Waals surface area contributed by atoms with E-state index in [9.17, 15) is 14.4 Å². The van der Waals surface area contributed by atoms with Crippen LogP contribution < -0.4 is 5.32 Å². The molecule has 1 aromatic rings. The van der Waals surface area contributed by atoms with Gasteiger partial charge in [-0.2, -0.15) is 0 Å². The Morgan fingerprint density at radius 1 is 1.33 bits per heavy atom. The molecule has 0 aromatic heterocycles. The number of esters is 1. The molecule has 2 atom stereocenters. The lowest BCUT2D eigenvalue weighted by Gasteiger charge is -2.28. The lowest BCUT2D eigenvalue weighted by Crippen LogP contribution is -2.46. The standard InChI is InChI=1S/C18H17NO5/c1-2-23-16(21)15-14-12(20)8-5-9-13(14)24-18(15)10-6-3-4-7-11(10)19-17(18)22/h3-4,6-7,15H,2,5,8-9H2,1H3,(H,19,22). The second-order valence-corrected chi connectivity index (χ2v) is 6.14. The van der Waals surface area contributed by atoms with Crippen molar-refractivity contribution in [2.45, 2.75) is 31.8 Å². The van der Waals surface area contributed by atoms with Crippen LogP contribution in [-0.4, -0.2) is 24.3 Å². The highest BCUT2D eigenvalue weighted by atomic mass is 16.5. The Morgan fingerprint density at radius 2 is 2.12 bits per heavy atom. The van der Waals surface area contributed by atoms with E-state index in [4.69, 9.17) is 9.47 Å². The second kappa shape index (κ2) is 5.19. The van der Waals surface area contributed by atoms with E-state index in [1.54, 1.807) is 31.2 Å². The topological polar surface area (TPSA) is 81.7 Å². The summed E-state index contributed by atoms with van der Waals surface area (Å²) in [6, 6.07) is 7.09. The fraction of sp³-hybridized carbons (Fsp3) is 0.389. The van der Waals surface area contributed by atoms with Crippen molar-refractivity contribution in [2.24, 2.45) is 5.92 Å². The minimum atomic E-state index is -1.53. The quantitative estimate of drug-likeness (QED) is 0.841. The smallest absolute Gasteiger partial charge is 0.318 e. The molecule has 0 saturated carbocycles. The van der Waals surface area contributed by atoms with Crippen LogP contribution in [0.5, 0.6) is 0 Å². The molecule has 24 heavy (non-hydrogen) atoms. The largest absolute Gasteiger partial charge is 0.475 e. The van der Waals surface area contributed by atoms with E-state index in [0.717, 1.165) is 0 Å². The molecule has 0 bridgehead atoms. The second-order valence-electron chi connectivity index (χ2n) is 6.14. The predicted molar refractivity (Wildman–Crippen MR) is 83.8 cm³/mol. The van der Waals surface area contributed by atoms with Crippen molar-refractivity contribution in [3.05, 3.63) is 41.2 Å². The number of hydrogen-bond donors (Lipinski definition) is 1. The Labute approximate surface area is 138 Å². The van der Waals surface area contributed by atoms with Crippen LogP contribution in [-0.2, 0) is 29.5 Å². The van der Waals surface area contributed by atoms with Gasteiger partial charge in [0, 0.05) is 24.1 Å². The van der Waals surface area contributed by atoms with Gasteiger partial charge in [-0.05, 0) is 19.4 Å². The highest BCUT2D eigenvalue weighted by Gasteiger charge is 2.65. The number of rotatable bonds is 2. The average molecular weight is 327 g/mol. The molecule has 1 N–H and O–H groups in total. The summed E-state index contributed by atoms with van der Waals surface area (Å²) >= 11 is 0. The summed E-state index contributed by atoms with van der Waals surface area (Å²) < 4.78 is 11.2. The van der Waals surface area contributed by atoms with Crippen LogP contribution in [0.4, 0.5) is 5.69 Å². The van der Waals surface area contributed by atoms with Crippen LogP contribution >= 0.6 is 0 Å². The monoisotopic (exact) mass is 327 g/mol. The van der Waals surface area contributed by atoms with Gasteiger partial charge in [-0.1, -0.05) is 18.2 Å². The molecular weight excluding hydrogens is 310 g/mol. The van der Waals surface area contributed by atoms with Gasteiger partial charge >= 0.3 is 5.97 Å². The van der Waals surface area contributed by atoms with E-state index < -0.39 is 23.4 Å². The number of nitrogens with one attached hydrogen (secondary N) is 1. The minimum Gasteiger partial charge on any atom is -0.475 e. The number of Topliss-reactive ketones (excluding diaryl/α,β-unsaturated/α-hetero) is 1. The van der Waals surface area contributed by atoms with E-state index in [-0.39, 0.29) is 12.4 Å². The summed E-state index contributed by atoms with van der Waals surface area (Å²) in [6.45, 7) is 1.87. The summed E-state index contributed by atoms with van der Waals surface area (Å²) in [7, 11) is 0. The summed E-state index contributed by atoms with van der Waals surface area (Å²) in [4.78, 5) is 38.0. The van der Waals surface area contributed by atoms with Gasteiger partial charge in [-0.25, -0.2) is 0 Å². The van der Waals surface area contributed by atoms with E-state index >= 15 is 0 Å². The molecule has 6 heteroatoms. The van der Waals surface area contributed by atoms with Crippen molar-refractivity contribution in [3.63, 3.8) is 0 Å². The molecule has 1 aromatic carbocycles. The summed E-state index contributed by atoms with van der Waals surface area (Å²) in [5.41, 5.74) is -0.0426. The Kier molecular flexibility index (Phi) is 3.23. The van der Waals surface area contributed by atoms with Crippen molar-refractivity contribution < 1.29 is 23.9 Å². The predicted octanol–water partition coefficient (Wildman–Crippen LogP) is 2.05. The van der Waals surface area contributed by atoms with Gasteiger partial charge in [0.05, 0.1) is 12.2 Å². The zero-order chi connectivity index (χ0) is 16.9. The van der Waals surface area contributed by atoms with Gasteiger partial charge in [-0.3, -0.25) is 14.4 Å². The number of allylic oxidation sites excluding steroid dienone is 1. The number of benzene rings is 1. The molecule has 6 nitrogen and oxygen atoms in total. The van der Waals surface area contributed by atoms with Crippen molar-refractivity contribution in [1.29, 1.82) is 0 Å². The molecule has 1 spiro atoms. The number of para-hydroxylation sites is 1. The Bertz CT molecular complexity index is 796. The van der Waals surface area contributed by atoms with Crippen molar-refractivity contribution in [1.82, 2.24) is 0 Å². The third-order valence-corrected chi connectivity index (χ3v) is 4.82. The first-order chi connectivity index (χ1) is 11.6. The average Bonchev–Trinajstić information content (AvgIpc) is 3.05. The van der Waals surface area contributed by atoms with E-state index in [1.165, 1.54) is 0 Å². The zero-order valence-electron chi connectivity index (χ0n) is 13.3. The molecule has 0 fully saturated rings. The molecule has 2 heterocycles. The first-order valence-corrected chi connectivity index (χ1v) is 8.12. The number of hydrogen-bond acceptors (Lipinski definition) is 5. The van der Waals surface area contributed by atoms with Gasteiger partial charge in [0.2, 0.25) is 5.60 Å². The van der Waals surface area contributed by atoms with E-state index in [0.29, 0.717) is 41.8 Å². The molecule has 2 aliphatic heterocycles. The zero-order valence-corrected chi connectivity index (χ0v) is 13.3. The summed E-state index contributed by atoms with van der Waals surface area (Å²) in [6.07, 6.45) is 1.57. The Morgan fingerprint density at radius 3 is 2.92 bits per heavy atom. The molecule has 2 unspecified atom stereocenters. The Balaban J connectivity index is 1.91. The highest BCUT2D eigenvalue weighted by Crippen LogP contribution is 2.55. The third kappa shape index (κ3) is 1.79. The van der Waals surface area contributed by atoms with Crippen LogP contribution in [0.1, 0.15) is 31.7 Å². The summed E-state index contributed by atoms with van der Waals surface area (Å²) in [5.74, 6) is -1.75. The molecular formula is C18H17NO5. The highest BCUT2D eigenvalue weighted by molar-refractivity contribution is 6.12. The van der Waals surface area contributed by atoms with Gasteiger partial charge in [-0.15, -0.1) is 0 Å².